The predicted molar refractivity (Wildman–Crippen MR) is 145 cm³/mol. The van der Waals surface area contributed by atoms with Crippen molar-refractivity contribution in [1.82, 2.24) is 24.6 Å². The van der Waals surface area contributed by atoms with Crippen LogP contribution in [0, 0.1) is 6.92 Å². The molecule has 1 saturated heterocycles. The molecule has 1 fully saturated rings. The van der Waals surface area contributed by atoms with E-state index in [9.17, 15) is 0 Å². The number of para-hydroxylation sites is 1. The lowest BCUT2D eigenvalue weighted by Crippen LogP contribution is -2.46. The molecule has 192 valence electrons. The number of rotatable bonds is 7. The van der Waals surface area contributed by atoms with Crippen molar-refractivity contribution < 1.29 is 9.47 Å². The molecule has 37 heavy (non-hydrogen) atoms. The molecule has 0 spiro atoms. The Morgan fingerprint density at radius 1 is 0.892 bits per heavy atom. The van der Waals surface area contributed by atoms with Crippen LogP contribution in [-0.2, 0) is 13.0 Å². The van der Waals surface area contributed by atoms with Gasteiger partial charge < -0.3 is 14.4 Å². The van der Waals surface area contributed by atoms with Crippen molar-refractivity contribution in [1.29, 1.82) is 0 Å². The summed E-state index contributed by atoms with van der Waals surface area (Å²) < 4.78 is 13.4. The van der Waals surface area contributed by atoms with Gasteiger partial charge in [0.2, 0.25) is 0 Å². The number of aryl methyl sites for hydroxylation is 2. The summed E-state index contributed by atoms with van der Waals surface area (Å²) in [7, 11) is 0. The predicted octanol–water partition coefficient (Wildman–Crippen LogP) is 4.56. The monoisotopic (exact) mass is 498 g/mol. The van der Waals surface area contributed by atoms with Crippen molar-refractivity contribution in [2.45, 2.75) is 39.7 Å². The van der Waals surface area contributed by atoms with Crippen molar-refractivity contribution >= 4 is 16.9 Å². The zero-order valence-electron chi connectivity index (χ0n) is 21.7. The van der Waals surface area contributed by atoms with Crippen LogP contribution < -0.4 is 14.4 Å². The Morgan fingerprint density at radius 2 is 1.68 bits per heavy atom. The van der Waals surface area contributed by atoms with Gasteiger partial charge in [-0.15, -0.1) is 0 Å². The first-order valence-electron chi connectivity index (χ1n) is 13.4. The van der Waals surface area contributed by atoms with Gasteiger partial charge in [-0.25, -0.2) is 14.6 Å². The molecular weight excluding hydrogens is 464 g/mol. The lowest BCUT2D eigenvalue weighted by Gasteiger charge is -2.36. The molecule has 2 aromatic heterocycles. The van der Waals surface area contributed by atoms with Crippen LogP contribution in [0.1, 0.15) is 36.8 Å². The molecule has 2 aliphatic rings. The fourth-order valence-electron chi connectivity index (χ4n) is 5.19. The average Bonchev–Trinajstić information content (AvgIpc) is 3.28. The van der Waals surface area contributed by atoms with Gasteiger partial charge in [0, 0.05) is 39.1 Å². The highest BCUT2D eigenvalue weighted by atomic mass is 16.6. The van der Waals surface area contributed by atoms with Crippen LogP contribution in [-0.4, -0.2) is 64.0 Å². The molecule has 2 aliphatic heterocycles. The topological polar surface area (TPSA) is 68.5 Å². The molecule has 6 rings (SSSR count). The first-order valence-corrected chi connectivity index (χ1v) is 13.4. The number of fused-ring (bicyclic) bond motifs is 2. The molecule has 0 unspecified atom stereocenters. The second kappa shape index (κ2) is 10.4. The number of aromatic nitrogens is 4. The van der Waals surface area contributed by atoms with E-state index in [-0.39, 0.29) is 0 Å². The van der Waals surface area contributed by atoms with Gasteiger partial charge in [-0.05, 0) is 43.2 Å². The Balaban J connectivity index is 1.25. The highest BCUT2D eigenvalue weighted by molar-refractivity contribution is 5.91. The third-order valence-electron chi connectivity index (χ3n) is 7.17. The van der Waals surface area contributed by atoms with Crippen LogP contribution in [0.2, 0.25) is 0 Å². The lowest BCUT2D eigenvalue weighted by atomic mass is 10.1. The molecule has 0 saturated carbocycles. The third-order valence-corrected chi connectivity index (χ3v) is 7.17. The molecule has 0 aliphatic carbocycles. The minimum atomic E-state index is 0.614. The Labute approximate surface area is 217 Å². The van der Waals surface area contributed by atoms with Gasteiger partial charge in [-0.2, -0.15) is 5.10 Å². The quantitative estimate of drug-likeness (QED) is 0.370. The van der Waals surface area contributed by atoms with Gasteiger partial charge in [0.25, 0.3) is 0 Å². The second-order valence-electron chi connectivity index (χ2n) is 9.84. The zero-order chi connectivity index (χ0) is 25.2. The smallest absolute Gasteiger partial charge is 0.168 e. The van der Waals surface area contributed by atoms with Crippen LogP contribution >= 0.6 is 0 Å². The minimum absolute atomic E-state index is 0.614. The second-order valence-corrected chi connectivity index (χ2v) is 9.84. The number of hydrogen-bond acceptors (Lipinski definition) is 7. The number of nitrogens with zero attached hydrogens (tertiary/aromatic N) is 6. The van der Waals surface area contributed by atoms with Crippen molar-refractivity contribution in [2.24, 2.45) is 0 Å². The molecule has 4 aromatic rings. The van der Waals surface area contributed by atoms with E-state index in [0.717, 1.165) is 97.5 Å². The molecule has 8 nitrogen and oxygen atoms in total. The van der Waals surface area contributed by atoms with Crippen LogP contribution in [0.5, 0.6) is 11.5 Å². The summed E-state index contributed by atoms with van der Waals surface area (Å²) >= 11 is 0. The van der Waals surface area contributed by atoms with E-state index in [1.54, 1.807) is 0 Å². The highest BCUT2D eigenvalue weighted by Crippen LogP contribution is 2.32. The molecule has 8 heteroatoms. The molecule has 0 radical (unpaired) electrons. The summed E-state index contributed by atoms with van der Waals surface area (Å²) in [5.74, 6) is 3.63. The number of piperazine rings is 1. The van der Waals surface area contributed by atoms with E-state index in [1.165, 1.54) is 5.56 Å². The molecular formula is C29H34N6O2. The summed E-state index contributed by atoms with van der Waals surface area (Å²) in [4.78, 5) is 15.0. The van der Waals surface area contributed by atoms with Gasteiger partial charge in [-0.3, -0.25) is 4.90 Å². The maximum Gasteiger partial charge on any atom is 0.168 e. The summed E-state index contributed by atoms with van der Waals surface area (Å²) in [5, 5.41) is 5.96. The Kier molecular flexibility index (Phi) is 6.66. The Bertz CT molecular complexity index is 1380. The van der Waals surface area contributed by atoms with Crippen LogP contribution in [0.3, 0.4) is 0 Å². The van der Waals surface area contributed by atoms with E-state index in [1.807, 2.05) is 28.9 Å². The number of anilines is 1. The Hall–Kier alpha value is -3.65. The normalized spacial score (nSPS) is 15.9. The SMILES string of the molecule is CCCCc1nc(N2CCN(Cc3ccc4c(c3)OCCO4)CC2)c2c(C)nn(-c3ccccc3)c2n1. The molecule has 2 aromatic carbocycles. The van der Waals surface area contributed by atoms with Gasteiger partial charge in [-0.1, -0.05) is 37.6 Å². The van der Waals surface area contributed by atoms with Gasteiger partial charge >= 0.3 is 0 Å². The zero-order valence-corrected chi connectivity index (χ0v) is 21.7. The molecule has 0 N–H and O–H groups in total. The summed E-state index contributed by atoms with van der Waals surface area (Å²) in [6.45, 7) is 10.2. The van der Waals surface area contributed by atoms with Crippen molar-refractivity contribution in [3.05, 3.63) is 65.6 Å². The molecule has 0 atom stereocenters. The minimum Gasteiger partial charge on any atom is -0.486 e. The van der Waals surface area contributed by atoms with Crippen LogP contribution in [0.4, 0.5) is 5.82 Å². The van der Waals surface area contributed by atoms with E-state index in [0.29, 0.717) is 13.2 Å². The third kappa shape index (κ3) is 4.85. The van der Waals surface area contributed by atoms with Gasteiger partial charge in [0.05, 0.1) is 16.8 Å². The maximum atomic E-state index is 5.78. The van der Waals surface area contributed by atoms with E-state index >= 15 is 0 Å². The Morgan fingerprint density at radius 3 is 2.46 bits per heavy atom. The average molecular weight is 499 g/mol. The first-order chi connectivity index (χ1) is 18.2. The maximum absolute atomic E-state index is 5.78. The highest BCUT2D eigenvalue weighted by Gasteiger charge is 2.25. The van der Waals surface area contributed by atoms with Crippen LogP contribution in [0.15, 0.2) is 48.5 Å². The van der Waals surface area contributed by atoms with Crippen LogP contribution in [0.25, 0.3) is 16.7 Å². The number of ether oxygens (including phenoxy) is 2. The largest absolute Gasteiger partial charge is 0.486 e. The molecule has 0 bridgehead atoms. The van der Waals surface area contributed by atoms with Crippen molar-refractivity contribution in [3.63, 3.8) is 0 Å². The molecule has 0 amide bonds. The van der Waals surface area contributed by atoms with E-state index < -0.39 is 0 Å². The summed E-state index contributed by atoms with van der Waals surface area (Å²) in [5.41, 5.74) is 4.15. The fraction of sp³-hybridized carbons (Fsp3) is 0.414. The van der Waals surface area contributed by atoms with E-state index in [4.69, 9.17) is 24.5 Å². The van der Waals surface area contributed by atoms with Crippen molar-refractivity contribution in [3.8, 4) is 17.2 Å². The van der Waals surface area contributed by atoms with Gasteiger partial charge in [0.1, 0.15) is 24.9 Å². The molecule has 4 heterocycles. The fourth-order valence-corrected chi connectivity index (χ4v) is 5.19. The number of unbranched alkanes of at least 4 members (excludes halogenated alkanes) is 1. The summed E-state index contributed by atoms with van der Waals surface area (Å²) in [6, 6.07) is 16.6. The number of benzene rings is 2. The first kappa shape index (κ1) is 23.7. The standard InChI is InChI=1S/C29H34N6O2/c1-3-4-10-26-30-28(27-21(2)32-35(29(27)31-26)23-8-6-5-7-9-23)34-15-13-33(14-16-34)20-22-11-12-24-25(19-22)37-18-17-36-24/h5-9,11-12,19H,3-4,10,13-18,20H2,1-2H3. The summed E-state index contributed by atoms with van der Waals surface area (Å²) in [6.07, 6.45) is 3.07. The lowest BCUT2D eigenvalue weighted by molar-refractivity contribution is 0.171. The number of hydrogen-bond donors (Lipinski definition) is 0. The van der Waals surface area contributed by atoms with E-state index in [2.05, 4.69) is 47.9 Å². The van der Waals surface area contributed by atoms with Gasteiger partial charge in [0.15, 0.2) is 17.1 Å². The van der Waals surface area contributed by atoms with Crippen molar-refractivity contribution in [2.75, 3.05) is 44.3 Å².